The summed E-state index contributed by atoms with van der Waals surface area (Å²) in [6.45, 7) is 0. The van der Waals surface area contributed by atoms with Gasteiger partial charge < -0.3 is 5.11 Å². The summed E-state index contributed by atoms with van der Waals surface area (Å²) in [6.07, 6.45) is 0.838. The molecule has 0 amide bonds. The number of benzene rings is 2. The molecular formula is C13H5Cl2F5N2O. The summed E-state index contributed by atoms with van der Waals surface area (Å²) in [7, 11) is 0. The molecule has 0 aliphatic heterocycles. The van der Waals surface area contributed by atoms with Crippen LogP contribution in [0, 0.1) is 29.1 Å². The molecule has 0 aromatic heterocycles. The summed E-state index contributed by atoms with van der Waals surface area (Å²) >= 11 is 11.3. The number of nitrogens with zero attached hydrogens (tertiary/aromatic N) is 1. The van der Waals surface area contributed by atoms with Crippen molar-refractivity contribution in [1.82, 2.24) is 0 Å². The first-order valence-electron chi connectivity index (χ1n) is 5.72. The van der Waals surface area contributed by atoms with Crippen LogP contribution in [0.5, 0.6) is 5.75 Å². The van der Waals surface area contributed by atoms with E-state index in [0.29, 0.717) is 0 Å². The zero-order valence-corrected chi connectivity index (χ0v) is 12.3. The van der Waals surface area contributed by atoms with E-state index in [9.17, 15) is 27.1 Å². The van der Waals surface area contributed by atoms with Crippen LogP contribution in [0.25, 0.3) is 0 Å². The number of hydrazone groups is 1. The lowest BCUT2D eigenvalue weighted by Gasteiger charge is -2.07. The molecule has 0 radical (unpaired) electrons. The van der Waals surface area contributed by atoms with E-state index in [0.717, 1.165) is 6.21 Å². The number of anilines is 1. The topological polar surface area (TPSA) is 44.6 Å². The van der Waals surface area contributed by atoms with E-state index >= 15 is 0 Å². The van der Waals surface area contributed by atoms with Gasteiger partial charge in [0, 0.05) is 10.6 Å². The van der Waals surface area contributed by atoms with Crippen LogP contribution in [0.2, 0.25) is 10.0 Å². The monoisotopic (exact) mass is 370 g/mol. The van der Waals surface area contributed by atoms with Crippen molar-refractivity contribution in [2.24, 2.45) is 5.10 Å². The van der Waals surface area contributed by atoms with Gasteiger partial charge in [-0.05, 0) is 12.1 Å². The van der Waals surface area contributed by atoms with E-state index < -0.39 is 40.5 Å². The molecule has 0 aliphatic rings. The summed E-state index contributed by atoms with van der Waals surface area (Å²) in [4.78, 5) is 0. The predicted molar refractivity (Wildman–Crippen MR) is 75.6 cm³/mol. The molecule has 0 unspecified atom stereocenters. The Balaban J connectivity index is 2.36. The first-order valence-corrected chi connectivity index (χ1v) is 6.48. The summed E-state index contributed by atoms with van der Waals surface area (Å²) in [5.41, 5.74) is 0.295. The molecule has 2 aromatic carbocycles. The predicted octanol–water partition coefficient (Wildman–Crippen LogP) is 4.84. The molecule has 23 heavy (non-hydrogen) atoms. The Hall–Kier alpha value is -2.06. The number of nitrogens with one attached hydrogen (secondary N) is 1. The number of phenols is 1. The second-order valence-corrected chi connectivity index (χ2v) is 4.98. The van der Waals surface area contributed by atoms with Gasteiger partial charge in [0.05, 0.1) is 11.2 Å². The highest BCUT2D eigenvalue weighted by molar-refractivity contribution is 6.36. The number of phenolic OH excluding ortho intramolecular Hbond substituents is 1. The molecule has 2 aromatic rings. The average Bonchev–Trinajstić information content (AvgIpc) is 2.51. The third-order valence-corrected chi connectivity index (χ3v) is 3.15. The molecule has 2 N–H and O–H groups in total. The zero-order valence-electron chi connectivity index (χ0n) is 10.8. The molecule has 0 saturated heterocycles. The highest BCUT2D eigenvalue weighted by Gasteiger charge is 2.25. The maximum absolute atomic E-state index is 13.4. The Kier molecular flexibility index (Phi) is 4.96. The van der Waals surface area contributed by atoms with Crippen LogP contribution < -0.4 is 5.43 Å². The van der Waals surface area contributed by atoms with Crippen LogP contribution in [0.3, 0.4) is 0 Å². The highest BCUT2D eigenvalue weighted by atomic mass is 35.5. The lowest BCUT2D eigenvalue weighted by atomic mass is 10.2. The molecule has 10 heteroatoms. The number of halogens is 7. The first-order chi connectivity index (χ1) is 10.7. The number of rotatable bonds is 3. The molecule has 0 fully saturated rings. The Morgan fingerprint density at radius 1 is 0.913 bits per heavy atom. The van der Waals surface area contributed by atoms with E-state index in [1.165, 1.54) is 12.1 Å². The fourth-order valence-electron chi connectivity index (χ4n) is 1.55. The quantitative estimate of drug-likeness (QED) is 0.267. The van der Waals surface area contributed by atoms with E-state index in [4.69, 9.17) is 23.2 Å². The minimum absolute atomic E-state index is 0.0427. The maximum atomic E-state index is 13.4. The number of aromatic hydroxyl groups is 1. The van der Waals surface area contributed by atoms with Crippen molar-refractivity contribution >= 4 is 35.1 Å². The lowest BCUT2D eigenvalue weighted by molar-refractivity contribution is 0.381. The zero-order chi connectivity index (χ0) is 17.3. The maximum Gasteiger partial charge on any atom is 0.200 e. The molecule has 2 rings (SSSR count). The minimum atomic E-state index is -2.28. The van der Waals surface area contributed by atoms with Crippen molar-refractivity contribution in [2.45, 2.75) is 0 Å². The average molecular weight is 371 g/mol. The van der Waals surface area contributed by atoms with Crippen LogP contribution in [0.15, 0.2) is 17.2 Å². The van der Waals surface area contributed by atoms with Crippen molar-refractivity contribution in [3.05, 3.63) is 56.8 Å². The second kappa shape index (κ2) is 6.59. The fraction of sp³-hybridized carbons (Fsp3) is 0. The summed E-state index contributed by atoms with van der Waals surface area (Å²) in [5.74, 6) is -11.1. The van der Waals surface area contributed by atoms with Gasteiger partial charge in [0.25, 0.3) is 0 Å². The third kappa shape index (κ3) is 3.32. The van der Waals surface area contributed by atoms with Gasteiger partial charge >= 0.3 is 0 Å². The van der Waals surface area contributed by atoms with E-state index in [1.54, 1.807) is 5.43 Å². The van der Waals surface area contributed by atoms with Crippen molar-refractivity contribution in [3.8, 4) is 5.75 Å². The molecule has 0 aliphatic carbocycles. The van der Waals surface area contributed by atoms with Crippen molar-refractivity contribution in [1.29, 1.82) is 0 Å². The fourth-order valence-corrected chi connectivity index (χ4v) is 2.06. The SMILES string of the molecule is Oc1c(Cl)cc(Cl)cc1C=NNc1c(F)c(F)c(F)c(F)c1F. The van der Waals surface area contributed by atoms with Gasteiger partial charge in [0.1, 0.15) is 11.4 Å². The summed E-state index contributed by atoms with van der Waals surface area (Å²) < 4.78 is 65.6. The Morgan fingerprint density at radius 3 is 2.00 bits per heavy atom. The Bertz CT molecular complexity index is 785. The standard InChI is InChI=1S/C13H5Cl2F5N2O/c14-5-1-4(13(23)6(15)2-5)3-21-22-12-10(19)8(17)7(16)9(18)11(12)20/h1-3,22-23H. The normalized spacial score (nSPS) is 11.3. The van der Waals surface area contributed by atoms with Crippen LogP contribution >= 0.6 is 23.2 Å². The molecule has 0 heterocycles. The van der Waals surface area contributed by atoms with Gasteiger partial charge in [0.2, 0.25) is 5.82 Å². The molecule has 0 bridgehead atoms. The van der Waals surface area contributed by atoms with Crippen molar-refractivity contribution in [2.75, 3.05) is 5.43 Å². The van der Waals surface area contributed by atoms with Crippen LogP contribution in [-0.2, 0) is 0 Å². The van der Waals surface area contributed by atoms with Crippen LogP contribution in [0.1, 0.15) is 5.56 Å². The van der Waals surface area contributed by atoms with Crippen molar-refractivity contribution in [3.63, 3.8) is 0 Å². The minimum Gasteiger partial charge on any atom is -0.506 e. The summed E-state index contributed by atoms with van der Waals surface area (Å²) in [6, 6.07) is 2.44. The largest absolute Gasteiger partial charge is 0.506 e. The van der Waals surface area contributed by atoms with Crippen molar-refractivity contribution < 1.29 is 27.1 Å². The van der Waals surface area contributed by atoms with Gasteiger partial charge in [-0.2, -0.15) is 5.10 Å². The Labute approximate surface area is 135 Å². The smallest absolute Gasteiger partial charge is 0.200 e. The van der Waals surface area contributed by atoms with Crippen LogP contribution in [-0.4, -0.2) is 11.3 Å². The van der Waals surface area contributed by atoms with Gasteiger partial charge in [-0.3, -0.25) is 5.43 Å². The molecule has 0 spiro atoms. The van der Waals surface area contributed by atoms with Crippen LogP contribution in [0.4, 0.5) is 27.6 Å². The van der Waals surface area contributed by atoms with E-state index in [2.05, 4.69) is 5.10 Å². The van der Waals surface area contributed by atoms with Gasteiger partial charge in [-0.1, -0.05) is 23.2 Å². The van der Waals surface area contributed by atoms with Gasteiger partial charge in [0.15, 0.2) is 23.3 Å². The molecular weight excluding hydrogens is 366 g/mol. The molecule has 0 atom stereocenters. The second-order valence-electron chi connectivity index (χ2n) is 4.14. The van der Waals surface area contributed by atoms with E-state index in [-0.39, 0.29) is 15.6 Å². The molecule has 0 saturated carbocycles. The Morgan fingerprint density at radius 2 is 1.43 bits per heavy atom. The third-order valence-electron chi connectivity index (χ3n) is 2.65. The van der Waals surface area contributed by atoms with Gasteiger partial charge in [-0.25, -0.2) is 22.0 Å². The molecule has 3 nitrogen and oxygen atoms in total. The molecule has 122 valence electrons. The number of hydrogen-bond donors (Lipinski definition) is 2. The highest BCUT2D eigenvalue weighted by Crippen LogP contribution is 2.30. The lowest BCUT2D eigenvalue weighted by Crippen LogP contribution is -2.06. The summed E-state index contributed by atoms with van der Waals surface area (Å²) in [5, 5.41) is 12.9. The van der Waals surface area contributed by atoms with E-state index in [1.807, 2.05) is 0 Å². The van der Waals surface area contributed by atoms with Gasteiger partial charge in [-0.15, -0.1) is 0 Å². The first kappa shape index (κ1) is 17.3. The number of hydrogen-bond acceptors (Lipinski definition) is 3.